The Morgan fingerprint density at radius 1 is 1.24 bits per heavy atom. The van der Waals surface area contributed by atoms with Gasteiger partial charge in [0.1, 0.15) is 16.8 Å². The van der Waals surface area contributed by atoms with Crippen LogP contribution >= 0.6 is 12.2 Å². The van der Waals surface area contributed by atoms with Crippen LogP contribution in [0.25, 0.3) is 0 Å². The summed E-state index contributed by atoms with van der Waals surface area (Å²) in [7, 11) is 1.16. The molecule has 0 spiro atoms. The number of alkyl halides is 6. The molecule has 138 valence electrons. The molecule has 1 aromatic rings. The van der Waals surface area contributed by atoms with Gasteiger partial charge in [0.05, 0.1) is 12.7 Å². The summed E-state index contributed by atoms with van der Waals surface area (Å²) in [4.78, 5) is 12.8. The van der Waals surface area contributed by atoms with Crippen LogP contribution in [0.1, 0.15) is 17.5 Å². The average Bonchev–Trinajstić information content (AvgIpc) is 2.42. The fraction of sp³-hybridized carbons (Fsp3) is 0.429. The molecular weight excluding hydrogens is 376 g/mol. The number of nitrogens with zero attached hydrogens (tertiary/aromatic N) is 1. The van der Waals surface area contributed by atoms with Crippen LogP contribution in [0.15, 0.2) is 18.2 Å². The van der Waals surface area contributed by atoms with E-state index in [2.05, 4.69) is 9.47 Å². The van der Waals surface area contributed by atoms with E-state index in [0.29, 0.717) is 25.1 Å². The first kappa shape index (κ1) is 19.3. The molecule has 1 aliphatic heterocycles. The molecule has 0 saturated carbocycles. The summed E-state index contributed by atoms with van der Waals surface area (Å²) >= 11 is 5.08. The number of methoxy groups -OCH3 is 1. The van der Waals surface area contributed by atoms with Crippen LogP contribution in [0.2, 0.25) is 0 Å². The van der Waals surface area contributed by atoms with E-state index >= 15 is 0 Å². The lowest BCUT2D eigenvalue weighted by Gasteiger charge is -2.40. The number of hydrogen-bond acceptors (Lipinski definition) is 4. The van der Waals surface area contributed by atoms with E-state index in [0.717, 1.165) is 13.2 Å². The van der Waals surface area contributed by atoms with Crippen molar-refractivity contribution in [1.29, 1.82) is 0 Å². The Labute approximate surface area is 143 Å². The van der Waals surface area contributed by atoms with Gasteiger partial charge in [-0.05, 0) is 18.6 Å². The van der Waals surface area contributed by atoms with Crippen LogP contribution in [0.5, 0.6) is 5.75 Å². The van der Waals surface area contributed by atoms with Crippen molar-refractivity contribution < 1.29 is 40.6 Å². The molecule has 0 amide bonds. The molecule has 2 rings (SSSR count). The molecule has 0 N–H and O–H groups in total. The van der Waals surface area contributed by atoms with Crippen molar-refractivity contribution in [3.63, 3.8) is 0 Å². The maximum Gasteiger partial charge on any atom is 0.573 e. The fourth-order valence-corrected chi connectivity index (χ4v) is 2.62. The average molecular weight is 387 g/mol. The number of rotatable bonds is 3. The van der Waals surface area contributed by atoms with Gasteiger partial charge in [-0.25, -0.2) is 4.79 Å². The van der Waals surface area contributed by atoms with Crippen molar-refractivity contribution in [3.05, 3.63) is 29.3 Å². The van der Waals surface area contributed by atoms with Crippen LogP contribution in [-0.2, 0) is 15.7 Å². The first-order valence-electron chi connectivity index (χ1n) is 6.80. The van der Waals surface area contributed by atoms with Gasteiger partial charge in [0.15, 0.2) is 0 Å². The topological polar surface area (TPSA) is 38.8 Å². The van der Waals surface area contributed by atoms with E-state index in [9.17, 15) is 31.1 Å². The Bertz CT molecular complexity index is 688. The Morgan fingerprint density at radius 3 is 2.32 bits per heavy atom. The van der Waals surface area contributed by atoms with Crippen molar-refractivity contribution >= 4 is 23.2 Å². The molecular formula is C14H11F6NO3S. The number of halogens is 6. The summed E-state index contributed by atoms with van der Waals surface area (Å²) in [6, 6.07) is 1.23. The molecule has 0 aromatic heterocycles. The van der Waals surface area contributed by atoms with E-state index in [4.69, 9.17) is 12.2 Å². The predicted molar refractivity (Wildman–Crippen MR) is 77.0 cm³/mol. The number of benzene rings is 1. The summed E-state index contributed by atoms with van der Waals surface area (Å²) in [6.07, 6.45) is -9.92. The lowest BCUT2D eigenvalue weighted by molar-refractivity contribution is -0.276. The van der Waals surface area contributed by atoms with Crippen molar-refractivity contribution in [2.45, 2.75) is 25.0 Å². The molecule has 1 heterocycles. The Hall–Kier alpha value is -2.04. The van der Waals surface area contributed by atoms with E-state index in [1.165, 1.54) is 4.90 Å². The number of ether oxygens (including phenoxy) is 2. The van der Waals surface area contributed by atoms with Gasteiger partial charge in [-0.3, -0.25) is 0 Å². The van der Waals surface area contributed by atoms with Crippen LogP contribution in [0.4, 0.5) is 26.3 Å². The minimum absolute atomic E-state index is 0.0672. The Morgan fingerprint density at radius 2 is 1.88 bits per heavy atom. The van der Waals surface area contributed by atoms with Crippen molar-refractivity contribution in [2.24, 2.45) is 0 Å². The normalized spacial score (nSPS) is 17.7. The predicted octanol–water partition coefficient (Wildman–Crippen LogP) is 3.53. The first-order valence-corrected chi connectivity index (χ1v) is 7.20. The molecule has 4 nitrogen and oxygen atoms in total. The zero-order valence-corrected chi connectivity index (χ0v) is 13.4. The standard InChI is InChI=1S/C14H11F6NO3S/c1-23-12(22)9-4-5-21(9)11(25)7-2-3-8(13(15,16)17)10(6-7)24-14(18,19)20/h2-3,6,9H,4-5H2,1H3/t9-/m1/s1. The van der Waals surface area contributed by atoms with E-state index in [1.54, 1.807) is 0 Å². The SMILES string of the molecule is COC(=O)[C@H]1CCN1C(=S)c1ccc(C(F)(F)F)c(OC(F)(F)F)c1. The maximum atomic E-state index is 12.9. The Balaban J connectivity index is 2.35. The third-order valence-electron chi connectivity index (χ3n) is 3.51. The maximum absolute atomic E-state index is 12.9. The smallest absolute Gasteiger partial charge is 0.467 e. The van der Waals surface area contributed by atoms with Gasteiger partial charge in [-0.15, -0.1) is 13.2 Å². The van der Waals surface area contributed by atoms with Crippen LogP contribution < -0.4 is 4.74 Å². The van der Waals surface area contributed by atoms with Crippen LogP contribution in [0.3, 0.4) is 0 Å². The van der Waals surface area contributed by atoms with E-state index in [-0.39, 0.29) is 10.6 Å². The second kappa shape index (κ2) is 6.70. The minimum atomic E-state index is -5.30. The lowest BCUT2D eigenvalue weighted by atomic mass is 10.0. The Kier molecular flexibility index (Phi) is 5.17. The van der Waals surface area contributed by atoms with Gasteiger partial charge >= 0.3 is 18.5 Å². The van der Waals surface area contributed by atoms with Gasteiger partial charge in [0, 0.05) is 12.1 Å². The molecule has 0 bridgehead atoms. The fourth-order valence-electron chi connectivity index (χ4n) is 2.28. The second-order valence-corrected chi connectivity index (χ2v) is 5.47. The molecule has 1 aliphatic rings. The summed E-state index contributed by atoms with van der Waals surface area (Å²) in [6.45, 7) is 0.328. The first-order chi connectivity index (χ1) is 11.4. The minimum Gasteiger partial charge on any atom is -0.467 e. The lowest BCUT2D eigenvalue weighted by Crippen LogP contribution is -2.55. The van der Waals surface area contributed by atoms with Gasteiger partial charge in [0.2, 0.25) is 0 Å². The second-order valence-electron chi connectivity index (χ2n) is 5.08. The highest BCUT2D eigenvalue weighted by molar-refractivity contribution is 7.80. The highest BCUT2D eigenvalue weighted by Crippen LogP contribution is 2.39. The number of thiocarbonyl (C=S) groups is 1. The highest BCUT2D eigenvalue weighted by atomic mass is 32.1. The summed E-state index contributed by atoms with van der Waals surface area (Å²) < 4.78 is 83.8. The molecule has 1 atom stereocenters. The summed E-state index contributed by atoms with van der Waals surface area (Å²) in [5, 5.41) is 0. The molecule has 1 aromatic carbocycles. The van der Waals surface area contributed by atoms with Gasteiger partial charge < -0.3 is 14.4 Å². The van der Waals surface area contributed by atoms with Gasteiger partial charge in [-0.1, -0.05) is 18.3 Å². The van der Waals surface area contributed by atoms with Gasteiger partial charge in [0.25, 0.3) is 0 Å². The third-order valence-corrected chi connectivity index (χ3v) is 3.98. The van der Waals surface area contributed by atoms with Crippen molar-refractivity contribution in [3.8, 4) is 5.75 Å². The van der Waals surface area contributed by atoms with Crippen molar-refractivity contribution in [2.75, 3.05) is 13.7 Å². The van der Waals surface area contributed by atoms with E-state index < -0.39 is 35.9 Å². The zero-order chi connectivity index (χ0) is 19.0. The number of likely N-dealkylation sites (tertiary alicyclic amines) is 1. The molecule has 11 heteroatoms. The van der Waals surface area contributed by atoms with Crippen LogP contribution in [0, 0.1) is 0 Å². The number of hydrogen-bond donors (Lipinski definition) is 0. The number of carbonyl (C=O) groups excluding carboxylic acids is 1. The third kappa shape index (κ3) is 4.33. The molecule has 0 radical (unpaired) electrons. The largest absolute Gasteiger partial charge is 0.573 e. The molecule has 1 saturated heterocycles. The number of esters is 1. The van der Waals surface area contributed by atoms with Crippen LogP contribution in [-0.4, -0.2) is 41.9 Å². The molecule has 0 unspecified atom stereocenters. The zero-order valence-electron chi connectivity index (χ0n) is 12.6. The van der Waals surface area contributed by atoms with E-state index in [1.807, 2.05) is 0 Å². The summed E-state index contributed by atoms with van der Waals surface area (Å²) in [5.74, 6) is -2.00. The molecule has 0 aliphatic carbocycles. The monoisotopic (exact) mass is 387 g/mol. The molecule has 1 fully saturated rings. The number of carbonyl (C=O) groups is 1. The quantitative estimate of drug-likeness (QED) is 0.451. The van der Waals surface area contributed by atoms with Gasteiger partial charge in [-0.2, -0.15) is 13.2 Å². The van der Waals surface area contributed by atoms with Crippen molar-refractivity contribution in [1.82, 2.24) is 4.90 Å². The molecule has 25 heavy (non-hydrogen) atoms. The summed E-state index contributed by atoms with van der Waals surface area (Å²) in [5.41, 5.74) is -1.68. The highest BCUT2D eigenvalue weighted by Gasteiger charge is 2.41.